The third-order valence-corrected chi connectivity index (χ3v) is 2.28. The van der Waals surface area contributed by atoms with Gasteiger partial charge in [-0.05, 0) is 31.6 Å². The summed E-state index contributed by atoms with van der Waals surface area (Å²) in [6, 6.07) is 2.31. The van der Waals surface area contributed by atoms with Crippen molar-refractivity contribution in [1.82, 2.24) is 10.3 Å². The van der Waals surface area contributed by atoms with Gasteiger partial charge in [0.2, 0.25) is 0 Å². The Balaban J connectivity index is 2.71. The predicted octanol–water partition coefficient (Wildman–Crippen LogP) is 2.37. The second-order valence-corrected chi connectivity index (χ2v) is 3.94. The molecule has 6 heteroatoms. The molecule has 0 spiro atoms. The molecule has 1 aromatic heterocycles. The van der Waals surface area contributed by atoms with Crippen LogP contribution in [0.3, 0.4) is 0 Å². The Morgan fingerprint density at radius 2 is 2.06 bits per heavy atom. The lowest BCUT2D eigenvalue weighted by atomic mass is 10.1. The van der Waals surface area contributed by atoms with E-state index in [0.717, 1.165) is 12.6 Å². The largest absolute Gasteiger partial charge is 0.419 e. The zero-order chi connectivity index (χ0) is 12.9. The molecule has 0 aliphatic heterocycles. The average molecular weight is 247 g/mol. The van der Waals surface area contributed by atoms with Crippen molar-refractivity contribution in [3.63, 3.8) is 0 Å². The summed E-state index contributed by atoms with van der Waals surface area (Å²) in [5.41, 5.74) is -0.725. The van der Waals surface area contributed by atoms with Gasteiger partial charge in [0.05, 0.1) is 5.56 Å². The second kappa shape index (κ2) is 5.86. The normalized spacial score (nSPS) is 13.5. The number of nitrogens with zero attached hydrogens (tertiary/aromatic N) is 1. The van der Waals surface area contributed by atoms with E-state index in [4.69, 9.17) is 0 Å². The van der Waals surface area contributed by atoms with Crippen LogP contribution in [0.2, 0.25) is 0 Å². The number of rotatable bonds is 5. The highest BCUT2D eigenvalue weighted by molar-refractivity contribution is 5.45. The Morgan fingerprint density at radius 3 is 2.65 bits per heavy atom. The zero-order valence-corrected chi connectivity index (χ0v) is 9.80. The monoisotopic (exact) mass is 247 g/mol. The van der Waals surface area contributed by atoms with E-state index in [1.54, 1.807) is 7.05 Å². The minimum absolute atomic E-state index is 0.108. The highest BCUT2D eigenvalue weighted by Crippen LogP contribution is 2.33. The third kappa shape index (κ3) is 4.22. The van der Waals surface area contributed by atoms with Gasteiger partial charge in [-0.25, -0.2) is 4.98 Å². The minimum Gasteiger partial charge on any atom is -0.369 e. The molecule has 0 saturated carbocycles. The molecule has 0 fully saturated rings. The van der Waals surface area contributed by atoms with Crippen LogP contribution in [-0.2, 0) is 6.18 Å². The fourth-order valence-corrected chi connectivity index (χ4v) is 1.47. The lowest BCUT2D eigenvalue weighted by Crippen LogP contribution is -2.24. The van der Waals surface area contributed by atoms with Crippen LogP contribution in [0.15, 0.2) is 18.3 Å². The van der Waals surface area contributed by atoms with Crippen LogP contribution < -0.4 is 10.6 Å². The molecule has 0 radical (unpaired) electrons. The minimum atomic E-state index is -4.37. The number of hydrogen-bond acceptors (Lipinski definition) is 3. The van der Waals surface area contributed by atoms with Gasteiger partial charge in [0, 0.05) is 12.7 Å². The smallest absolute Gasteiger partial charge is 0.369 e. The van der Waals surface area contributed by atoms with Gasteiger partial charge in [-0.3, -0.25) is 0 Å². The first-order valence-electron chi connectivity index (χ1n) is 5.36. The first-order valence-corrected chi connectivity index (χ1v) is 5.36. The van der Waals surface area contributed by atoms with E-state index >= 15 is 0 Å². The van der Waals surface area contributed by atoms with Crippen molar-refractivity contribution >= 4 is 5.82 Å². The molecule has 1 atom stereocenters. The zero-order valence-electron chi connectivity index (χ0n) is 9.80. The number of pyridine rings is 1. The number of nitrogens with one attached hydrogen (secondary N) is 2. The van der Waals surface area contributed by atoms with Crippen molar-refractivity contribution in [3.05, 3.63) is 23.9 Å². The quantitative estimate of drug-likeness (QED) is 0.838. The molecule has 0 amide bonds. The lowest BCUT2D eigenvalue weighted by Gasteiger charge is -2.16. The number of hydrogen-bond donors (Lipinski definition) is 2. The molecule has 0 aliphatic carbocycles. The predicted molar refractivity (Wildman–Crippen MR) is 60.8 cm³/mol. The van der Waals surface area contributed by atoms with Gasteiger partial charge in [0.15, 0.2) is 0 Å². The van der Waals surface area contributed by atoms with Crippen LogP contribution in [-0.4, -0.2) is 25.1 Å². The standard InChI is InChI=1S/C11H16F3N3/c1-8(6-15-2)7-17-10-9(11(12,13)14)4-3-5-16-10/h3-5,8,15H,6-7H2,1-2H3,(H,16,17). The van der Waals surface area contributed by atoms with Crippen molar-refractivity contribution in [2.45, 2.75) is 13.1 Å². The summed E-state index contributed by atoms with van der Waals surface area (Å²) in [5, 5.41) is 5.70. The summed E-state index contributed by atoms with van der Waals surface area (Å²) < 4.78 is 37.9. The molecule has 1 unspecified atom stereocenters. The topological polar surface area (TPSA) is 37.0 Å². The van der Waals surface area contributed by atoms with Gasteiger partial charge in [-0.2, -0.15) is 13.2 Å². The molecule has 1 aromatic rings. The Labute approximate surface area is 98.4 Å². The maximum Gasteiger partial charge on any atom is 0.419 e. The summed E-state index contributed by atoms with van der Waals surface area (Å²) in [6.45, 7) is 3.13. The number of alkyl halides is 3. The van der Waals surface area contributed by atoms with E-state index in [9.17, 15) is 13.2 Å². The first-order chi connectivity index (χ1) is 7.95. The molecule has 2 N–H and O–H groups in total. The molecule has 17 heavy (non-hydrogen) atoms. The summed E-state index contributed by atoms with van der Waals surface area (Å²) >= 11 is 0. The first kappa shape index (κ1) is 13.8. The highest BCUT2D eigenvalue weighted by atomic mass is 19.4. The van der Waals surface area contributed by atoms with Crippen molar-refractivity contribution in [1.29, 1.82) is 0 Å². The molecule has 1 rings (SSSR count). The van der Waals surface area contributed by atoms with E-state index in [1.165, 1.54) is 12.3 Å². The van der Waals surface area contributed by atoms with Gasteiger partial charge in [0.25, 0.3) is 0 Å². The summed E-state index contributed by atoms with van der Waals surface area (Å²) in [7, 11) is 1.80. The SMILES string of the molecule is CNCC(C)CNc1ncccc1C(F)(F)F. The molecule has 0 bridgehead atoms. The average Bonchev–Trinajstić information content (AvgIpc) is 2.26. The second-order valence-electron chi connectivity index (χ2n) is 3.94. The summed E-state index contributed by atoms with van der Waals surface area (Å²) in [5.74, 6) is 0.117. The number of halogens is 3. The van der Waals surface area contributed by atoms with Crippen LogP contribution in [0.25, 0.3) is 0 Å². The van der Waals surface area contributed by atoms with Crippen molar-refractivity contribution < 1.29 is 13.2 Å². The summed E-state index contributed by atoms with van der Waals surface area (Å²) in [4.78, 5) is 3.73. The molecular weight excluding hydrogens is 231 g/mol. The number of aromatic nitrogens is 1. The van der Waals surface area contributed by atoms with E-state index in [0.29, 0.717) is 6.54 Å². The highest BCUT2D eigenvalue weighted by Gasteiger charge is 2.33. The van der Waals surface area contributed by atoms with E-state index in [-0.39, 0.29) is 11.7 Å². The molecule has 0 aromatic carbocycles. The lowest BCUT2D eigenvalue weighted by molar-refractivity contribution is -0.137. The fourth-order valence-electron chi connectivity index (χ4n) is 1.47. The Bertz CT molecular complexity index is 352. The van der Waals surface area contributed by atoms with Crippen molar-refractivity contribution in [2.75, 3.05) is 25.5 Å². The molecule has 3 nitrogen and oxygen atoms in total. The van der Waals surface area contributed by atoms with Crippen LogP contribution in [0.4, 0.5) is 19.0 Å². The van der Waals surface area contributed by atoms with E-state index in [1.807, 2.05) is 6.92 Å². The van der Waals surface area contributed by atoms with E-state index < -0.39 is 11.7 Å². The van der Waals surface area contributed by atoms with Crippen LogP contribution in [0.5, 0.6) is 0 Å². The molecule has 1 heterocycles. The summed E-state index contributed by atoms with van der Waals surface area (Å²) in [6.07, 6.45) is -3.02. The van der Waals surface area contributed by atoms with Crippen molar-refractivity contribution in [2.24, 2.45) is 5.92 Å². The van der Waals surface area contributed by atoms with Gasteiger partial charge in [-0.15, -0.1) is 0 Å². The molecule has 96 valence electrons. The maximum absolute atomic E-state index is 12.6. The van der Waals surface area contributed by atoms with Crippen LogP contribution >= 0.6 is 0 Å². The molecular formula is C11H16F3N3. The Hall–Kier alpha value is -1.30. The van der Waals surface area contributed by atoms with E-state index in [2.05, 4.69) is 15.6 Å². The van der Waals surface area contributed by atoms with Crippen molar-refractivity contribution in [3.8, 4) is 0 Å². The maximum atomic E-state index is 12.6. The van der Waals surface area contributed by atoms with Gasteiger partial charge < -0.3 is 10.6 Å². The molecule has 0 aliphatic rings. The fraction of sp³-hybridized carbons (Fsp3) is 0.545. The van der Waals surface area contributed by atoms with Crippen LogP contribution in [0.1, 0.15) is 12.5 Å². The Morgan fingerprint density at radius 1 is 1.35 bits per heavy atom. The van der Waals surface area contributed by atoms with Crippen LogP contribution in [0, 0.1) is 5.92 Å². The molecule has 0 saturated heterocycles. The van der Waals surface area contributed by atoms with Gasteiger partial charge in [-0.1, -0.05) is 6.92 Å². The van der Waals surface area contributed by atoms with Gasteiger partial charge >= 0.3 is 6.18 Å². The third-order valence-electron chi connectivity index (χ3n) is 2.28. The van der Waals surface area contributed by atoms with Gasteiger partial charge in [0.1, 0.15) is 5.82 Å². The Kier molecular flexibility index (Phi) is 4.74. The number of anilines is 1.